The molecule has 0 spiro atoms. The Morgan fingerprint density at radius 1 is 1.38 bits per heavy atom. The van der Waals surface area contributed by atoms with Crippen LogP contribution < -0.4 is 5.73 Å². The van der Waals surface area contributed by atoms with E-state index in [1.807, 2.05) is 18.7 Å². The first kappa shape index (κ1) is 13.5. The lowest BCUT2D eigenvalue weighted by Gasteiger charge is -2.47. The van der Waals surface area contributed by atoms with Gasteiger partial charge in [-0.2, -0.15) is 0 Å². The van der Waals surface area contributed by atoms with E-state index in [2.05, 4.69) is 25.8 Å². The monoisotopic (exact) mass is 227 g/mol. The average molecular weight is 227 g/mol. The maximum atomic E-state index is 12.3. The van der Waals surface area contributed by atoms with Crippen molar-refractivity contribution >= 4 is 5.91 Å². The van der Waals surface area contributed by atoms with Crippen LogP contribution in [-0.2, 0) is 4.79 Å². The third kappa shape index (κ3) is 2.55. The molecule has 0 radical (unpaired) electrons. The van der Waals surface area contributed by atoms with E-state index < -0.39 is 5.41 Å². The molecule has 0 saturated carbocycles. The van der Waals surface area contributed by atoms with Gasteiger partial charge in [-0.1, -0.05) is 0 Å². The van der Waals surface area contributed by atoms with Crippen LogP contribution in [0.15, 0.2) is 0 Å². The summed E-state index contributed by atoms with van der Waals surface area (Å²) in [6.07, 6.45) is 0. The van der Waals surface area contributed by atoms with Gasteiger partial charge in [-0.15, -0.1) is 0 Å². The molecule has 1 heterocycles. The molecule has 0 aliphatic carbocycles. The minimum atomic E-state index is -0.439. The molecule has 2 N–H and O–H groups in total. The number of rotatable bonds is 2. The zero-order valence-corrected chi connectivity index (χ0v) is 11.2. The molecule has 1 aliphatic heterocycles. The fourth-order valence-electron chi connectivity index (χ4n) is 1.93. The quantitative estimate of drug-likeness (QED) is 0.748. The lowest BCUT2D eigenvalue weighted by atomic mass is 9.90. The van der Waals surface area contributed by atoms with E-state index >= 15 is 0 Å². The number of amides is 1. The number of nitrogens with zero attached hydrogens (tertiary/aromatic N) is 2. The Hall–Kier alpha value is -0.610. The van der Waals surface area contributed by atoms with Crippen molar-refractivity contribution in [1.29, 1.82) is 0 Å². The second-order valence-corrected chi connectivity index (χ2v) is 6.05. The molecule has 0 unspecified atom stereocenters. The van der Waals surface area contributed by atoms with Crippen molar-refractivity contribution in [2.75, 3.05) is 33.2 Å². The Bertz CT molecular complexity index is 273. The smallest absolute Gasteiger partial charge is 0.229 e. The summed E-state index contributed by atoms with van der Waals surface area (Å²) >= 11 is 0. The molecule has 1 amide bonds. The molecule has 0 aromatic rings. The van der Waals surface area contributed by atoms with Crippen molar-refractivity contribution < 1.29 is 4.79 Å². The first-order chi connectivity index (χ1) is 7.20. The van der Waals surface area contributed by atoms with Crippen LogP contribution in [0.4, 0.5) is 0 Å². The SMILES string of the molecule is CN1CCN(C(=O)C(C)(C)CN)CC1(C)C. The van der Waals surface area contributed by atoms with Crippen LogP contribution in [-0.4, -0.2) is 54.5 Å². The Balaban J connectivity index is 2.74. The Morgan fingerprint density at radius 2 is 1.94 bits per heavy atom. The van der Waals surface area contributed by atoms with E-state index in [4.69, 9.17) is 5.73 Å². The van der Waals surface area contributed by atoms with Gasteiger partial charge in [0.15, 0.2) is 0 Å². The third-order valence-electron chi connectivity index (χ3n) is 3.69. The Labute approximate surface area is 98.8 Å². The summed E-state index contributed by atoms with van der Waals surface area (Å²) in [6, 6.07) is 0. The fourth-order valence-corrected chi connectivity index (χ4v) is 1.93. The molecule has 16 heavy (non-hydrogen) atoms. The van der Waals surface area contributed by atoms with Gasteiger partial charge in [0.1, 0.15) is 0 Å². The van der Waals surface area contributed by atoms with E-state index in [9.17, 15) is 4.79 Å². The van der Waals surface area contributed by atoms with E-state index in [0.29, 0.717) is 6.54 Å². The molecule has 1 saturated heterocycles. The molecule has 4 nitrogen and oxygen atoms in total. The number of likely N-dealkylation sites (N-methyl/N-ethyl adjacent to an activating group) is 1. The summed E-state index contributed by atoms with van der Waals surface area (Å²) in [5.41, 5.74) is 5.27. The molecule has 0 bridgehead atoms. The predicted molar refractivity (Wildman–Crippen MR) is 66.1 cm³/mol. The van der Waals surface area contributed by atoms with E-state index in [-0.39, 0.29) is 11.4 Å². The van der Waals surface area contributed by atoms with E-state index in [0.717, 1.165) is 19.6 Å². The van der Waals surface area contributed by atoms with E-state index in [1.54, 1.807) is 0 Å². The average Bonchev–Trinajstić information content (AvgIpc) is 2.21. The summed E-state index contributed by atoms with van der Waals surface area (Å²) in [6.45, 7) is 11.1. The van der Waals surface area contributed by atoms with Gasteiger partial charge in [0, 0.05) is 31.7 Å². The van der Waals surface area contributed by atoms with Gasteiger partial charge in [-0.25, -0.2) is 0 Å². The topological polar surface area (TPSA) is 49.6 Å². The van der Waals surface area contributed by atoms with Gasteiger partial charge in [-0.3, -0.25) is 9.69 Å². The largest absolute Gasteiger partial charge is 0.339 e. The van der Waals surface area contributed by atoms with Crippen LogP contribution >= 0.6 is 0 Å². The summed E-state index contributed by atoms with van der Waals surface area (Å²) < 4.78 is 0. The number of piperazine rings is 1. The van der Waals surface area contributed by atoms with Gasteiger partial charge >= 0.3 is 0 Å². The molecular formula is C12H25N3O. The first-order valence-electron chi connectivity index (χ1n) is 5.91. The maximum Gasteiger partial charge on any atom is 0.229 e. The van der Waals surface area contributed by atoms with Crippen LogP contribution in [0.2, 0.25) is 0 Å². The number of nitrogens with two attached hydrogens (primary N) is 1. The van der Waals surface area contributed by atoms with Crippen molar-refractivity contribution in [3.63, 3.8) is 0 Å². The summed E-state index contributed by atoms with van der Waals surface area (Å²) in [4.78, 5) is 16.5. The number of hydrogen-bond donors (Lipinski definition) is 1. The van der Waals surface area contributed by atoms with Crippen LogP contribution in [0.25, 0.3) is 0 Å². The molecule has 0 aromatic carbocycles. The van der Waals surface area contributed by atoms with Crippen LogP contribution in [0, 0.1) is 5.41 Å². The zero-order valence-electron chi connectivity index (χ0n) is 11.2. The summed E-state index contributed by atoms with van der Waals surface area (Å²) in [5, 5.41) is 0. The van der Waals surface area contributed by atoms with Crippen molar-refractivity contribution in [2.24, 2.45) is 11.1 Å². The van der Waals surface area contributed by atoms with Gasteiger partial charge < -0.3 is 10.6 Å². The summed E-state index contributed by atoms with van der Waals surface area (Å²) in [5.74, 6) is 0.177. The maximum absolute atomic E-state index is 12.3. The standard InChI is InChI=1S/C12H25N3O/c1-11(2,8-13)10(16)15-7-6-14(5)12(3,4)9-15/h6-9,13H2,1-5H3. The highest BCUT2D eigenvalue weighted by Gasteiger charge is 2.37. The molecule has 0 atom stereocenters. The van der Waals surface area contributed by atoms with E-state index in [1.165, 1.54) is 0 Å². The van der Waals surface area contributed by atoms with Crippen molar-refractivity contribution in [1.82, 2.24) is 9.80 Å². The highest BCUT2D eigenvalue weighted by atomic mass is 16.2. The second-order valence-electron chi connectivity index (χ2n) is 6.05. The molecule has 4 heteroatoms. The number of hydrogen-bond acceptors (Lipinski definition) is 3. The second kappa shape index (κ2) is 4.34. The highest BCUT2D eigenvalue weighted by Crippen LogP contribution is 2.24. The van der Waals surface area contributed by atoms with Crippen LogP contribution in [0.5, 0.6) is 0 Å². The van der Waals surface area contributed by atoms with Gasteiger partial charge in [0.05, 0.1) is 5.41 Å². The van der Waals surface area contributed by atoms with Crippen molar-refractivity contribution in [3.05, 3.63) is 0 Å². The molecule has 1 aliphatic rings. The Kier molecular flexibility index (Phi) is 3.65. The summed E-state index contributed by atoms with van der Waals surface area (Å²) in [7, 11) is 2.11. The van der Waals surface area contributed by atoms with Gasteiger partial charge in [-0.05, 0) is 34.7 Å². The van der Waals surface area contributed by atoms with Crippen LogP contribution in [0.1, 0.15) is 27.7 Å². The molecular weight excluding hydrogens is 202 g/mol. The van der Waals surface area contributed by atoms with Gasteiger partial charge in [0.2, 0.25) is 5.91 Å². The zero-order chi connectivity index (χ0) is 12.6. The molecule has 1 rings (SSSR count). The van der Waals surface area contributed by atoms with Crippen molar-refractivity contribution in [2.45, 2.75) is 33.2 Å². The fraction of sp³-hybridized carbons (Fsp3) is 0.917. The molecule has 94 valence electrons. The number of carbonyl (C=O) groups is 1. The molecule has 1 fully saturated rings. The Morgan fingerprint density at radius 3 is 2.38 bits per heavy atom. The first-order valence-corrected chi connectivity index (χ1v) is 5.91. The van der Waals surface area contributed by atoms with Crippen molar-refractivity contribution in [3.8, 4) is 0 Å². The lowest BCUT2D eigenvalue weighted by Crippen LogP contribution is -2.61. The lowest BCUT2D eigenvalue weighted by molar-refractivity contribution is -0.144. The predicted octanol–water partition coefficient (Wildman–Crippen LogP) is 0.524. The molecule has 0 aromatic heterocycles. The normalized spacial score (nSPS) is 22.2. The van der Waals surface area contributed by atoms with Crippen LogP contribution in [0.3, 0.4) is 0 Å². The highest BCUT2D eigenvalue weighted by molar-refractivity contribution is 5.82. The minimum Gasteiger partial charge on any atom is -0.339 e. The minimum absolute atomic E-state index is 0.0542. The number of carbonyl (C=O) groups excluding carboxylic acids is 1. The van der Waals surface area contributed by atoms with Gasteiger partial charge in [0.25, 0.3) is 0 Å². The third-order valence-corrected chi connectivity index (χ3v) is 3.69.